The van der Waals surface area contributed by atoms with Gasteiger partial charge in [0, 0.05) is 0 Å². The van der Waals surface area contributed by atoms with Gasteiger partial charge in [0.1, 0.15) is 0 Å². The average molecular weight is 262 g/mol. The third-order valence-electron chi connectivity index (χ3n) is 3.44. The van der Waals surface area contributed by atoms with Gasteiger partial charge in [0.2, 0.25) is 0 Å². The van der Waals surface area contributed by atoms with Gasteiger partial charge in [-0.25, -0.2) is 0 Å². The van der Waals surface area contributed by atoms with E-state index in [0.29, 0.717) is 0 Å². The molecule has 0 radical (unpaired) electrons. The summed E-state index contributed by atoms with van der Waals surface area (Å²) in [5.74, 6) is 0. The highest BCUT2D eigenvalue weighted by Crippen LogP contribution is 2.16. The highest BCUT2D eigenvalue weighted by atomic mass is 16.2. The first-order valence-electron chi connectivity index (χ1n) is 7.43. The minimum absolute atomic E-state index is 0.166. The lowest BCUT2D eigenvalue weighted by Crippen LogP contribution is -1.87. The molecule has 0 unspecified atom stereocenters. The SMILES string of the molecule is C=C/C(C)=C\CC/C(=C/CC/C(=C/CO)CC)CC. The van der Waals surface area contributed by atoms with Crippen LogP contribution < -0.4 is 0 Å². The molecule has 0 bridgehead atoms. The van der Waals surface area contributed by atoms with Gasteiger partial charge in [0.05, 0.1) is 6.61 Å². The van der Waals surface area contributed by atoms with E-state index in [0.717, 1.165) is 38.5 Å². The van der Waals surface area contributed by atoms with Crippen LogP contribution in [0.25, 0.3) is 0 Å². The van der Waals surface area contributed by atoms with E-state index in [-0.39, 0.29) is 6.61 Å². The molecule has 0 aliphatic carbocycles. The lowest BCUT2D eigenvalue weighted by atomic mass is 10.0. The number of rotatable bonds is 10. The number of hydrogen-bond donors (Lipinski definition) is 1. The van der Waals surface area contributed by atoms with Crippen molar-refractivity contribution in [2.45, 2.75) is 59.3 Å². The average Bonchev–Trinajstić information content (AvgIpc) is 2.44. The summed E-state index contributed by atoms with van der Waals surface area (Å²) in [6, 6.07) is 0. The molecular formula is C18H30O. The Morgan fingerprint density at radius 1 is 0.947 bits per heavy atom. The molecule has 0 saturated carbocycles. The Morgan fingerprint density at radius 2 is 1.47 bits per heavy atom. The second-order valence-electron chi connectivity index (χ2n) is 4.84. The van der Waals surface area contributed by atoms with E-state index in [1.165, 1.54) is 16.7 Å². The Balaban J connectivity index is 4.18. The summed E-state index contributed by atoms with van der Waals surface area (Å²) in [7, 11) is 0. The third-order valence-corrected chi connectivity index (χ3v) is 3.44. The summed E-state index contributed by atoms with van der Waals surface area (Å²) in [5, 5.41) is 8.91. The molecular weight excluding hydrogens is 232 g/mol. The van der Waals surface area contributed by atoms with E-state index in [2.05, 4.69) is 39.5 Å². The van der Waals surface area contributed by atoms with Gasteiger partial charge < -0.3 is 5.11 Å². The summed E-state index contributed by atoms with van der Waals surface area (Å²) in [6.07, 6.45) is 15.0. The van der Waals surface area contributed by atoms with Gasteiger partial charge >= 0.3 is 0 Å². The summed E-state index contributed by atoms with van der Waals surface area (Å²) in [6.45, 7) is 10.4. The van der Waals surface area contributed by atoms with Crippen molar-refractivity contribution in [1.82, 2.24) is 0 Å². The zero-order valence-corrected chi connectivity index (χ0v) is 12.9. The van der Waals surface area contributed by atoms with Gasteiger partial charge in [0.15, 0.2) is 0 Å². The predicted molar refractivity (Wildman–Crippen MR) is 86.3 cm³/mol. The van der Waals surface area contributed by atoms with Crippen LogP contribution >= 0.6 is 0 Å². The van der Waals surface area contributed by atoms with E-state index in [4.69, 9.17) is 5.11 Å². The van der Waals surface area contributed by atoms with E-state index in [1.807, 2.05) is 12.2 Å². The molecule has 19 heavy (non-hydrogen) atoms. The first kappa shape index (κ1) is 17.9. The van der Waals surface area contributed by atoms with Gasteiger partial charge in [-0.3, -0.25) is 0 Å². The van der Waals surface area contributed by atoms with Crippen molar-refractivity contribution in [3.8, 4) is 0 Å². The first-order valence-corrected chi connectivity index (χ1v) is 7.43. The van der Waals surface area contributed by atoms with Gasteiger partial charge in [0.25, 0.3) is 0 Å². The molecule has 0 heterocycles. The Bertz CT molecular complexity index is 332. The number of hydrogen-bond acceptors (Lipinski definition) is 1. The zero-order valence-electron chi connectivity index (χ0n) is 12.9. The second-order valence-corrected chi connectivity index (χ2v) is 4.84. The van der Waals surface area contributed by atoms with Crippen LogP contribution in [-0.4, -0.2) is 11.7 Å². The van der Waals surface area contributed by atoms with Crippen LogP contribution in [0.5, 0.6) is 0 Å². The normalized spacial score (nSPS) is 13.8. The summed E-state index contributed by atoms with van der Waals surface area (Å²) in [4.78, 5) is 0. The first-order chi connectivity index (χ1) is 9.17. The Hall–Kier alpha value is -1.08. The summed E-state index contributed by atoms with van der Waals surface area (Å²) < 4.78 is 0. The van der Waals surface area contributed by atoms with Crippen molar-refractivity contribution in [1.29, 1.82) is 0 Å². The third kappa shape index (κ3) is 9.49. The van der Waals surface area contributed by atoms with Crippen molar-refractivity contribution in [2.75, 3.05) is 6.61 Å². The molecule has 1 nitrogen and oxygen atoms in total. The Labute approximate surface area is 119 Å². The molecule has 0 fully saturated rings. The quantitative estimate of drug-likeness (QED) is 0.416. The summed E-state index contributed by atoms with van der Waals surface area (Å²) in [5.41, 5.74) is 4.15. The lowest BCUT2D eigenvalue weighted by Gasteiger charge is -2.05. The van der Waals surface area contributed by atoms with Crippen LogP contribution in [0.15, 0.2) is 47.6 Å². The number of allylic oxidation sites excluding steroid dienone is 6. The van der Waals surface area contributed by atoms with Crippen LogP contribution in [0, 0.1) is 0 Å². The maximum atomic E-state index is 8.91. The maximum absolute atomic E-state index is 8.91. The highest BCUT2D eigenvalue weighted by molar-refractivity contribution is 5.14. The second kappa shape index (κ2) is 12.0. The smallest absolute Gasteiger partial charge is 0.0615 e. The van der Waals surface area contributed by atoms with Gasteiger partial charge in [-0.1, -0.05) is 61.4 Å². The van der Waals surface area contributed by atoms with Gasteiger partial charge in [-0.15, -0.1) is 0 Å². The van der Waals surface area contributed by atoms with E-state index in [1.54, 1.807) is 0 Å². The van der Waals surface area contributed by atoms with Crippen LogP contribution in [-0.2, 0) is 0 Å². The fourth-order valence-electron chi connectivity index (χ4n) is 2.01. The fourth-order valence-corrected chi connectivity index (χ4v) is 2.01. The van der Waals surface area contributed by atoms with Crippen LogP contribution in [0.3, 0.4) is 0 Å². The topological polar surface area (TPSA) is 20.2 Å². The molecule has 0 aromatic heterocycles. The minimum atomic E-state index is 0.166. The molecule has 0 aliphatic heterocycles. The molecule has 0 saturated heterocycles. The molecule has 1 N–H and O–H groups in total. The number of aliphatic hydroxyl groups excluding tert-OH is 1. The molecule has 0 amide bonds. The highest BCUT2D eigenvalue weighted by Gasteiger charge is 1.96. The van der Waals surface area contributed by atoms with Crippen molar-refractivity contribution >= 4 is 0 Å². The van der Waals surface area contributed by atoms with E-state index < -0.39 is 0 Å². The van der Waals surface area contributed by atoms with Crippen LogP contribution in [0.4, 0.5) is 0 Å². The maximum Gasteiger partial charge on any atom is 0.0615 e. The van der Waals surface area contributed by atoms with Crippen LogP contribution in [0.2, 0.25) is 0 Å². The van der Waals surface area contributed by atoms with E-state index >= 15 is 0 Å². The van der Waals surface area contributed by atoms with Crippen molar-refractivity contribution in [3.05, 3.63) is 47.6 Å². The molecule has 0 rings (SSSR count). The Morgan fingerprint density at radius 3 is 1.95 bits per heavy atom. The molecule has 0 aliphatic rings. The van der Waals surface area contributed by atoms with Gasteiger partial charge in [-0.2, -0.15) is 0 Å². The summed E-state index contributed by atoms with van der Waals surface area (Å²) >= 11 is 0. The largest absolute Gasteiger partial charge is 0.392 e. The molecule has 0 aromatic carbocycles. The number of aliphatic hydroxyl groups is 1. The minimum Gasteiger partial charge on any atom is -0.392 e. The molecule has 108 valence electrons. The lowest BCUT2D eigenvalue weighted by molar-refractivity contribution is 0.341. The zero-order chi connectivity index (χ0) is 14.5. The van der Waals surface area contributed by atoms with Crippen molar-refractivity contribution in [2.24, 2.45) is 0 Å². The predicted octanol–water partition coefficient (Wildman–Crippen LogP) is 5.34. The van der Waals surface area contributed by atoms with E-state index in [9.17, 15) is 0 Å². The van der Waals surface area contributed by atoms with Crippen molar-refractivity contribution < 1.29 is 5.11 Å². The van der Waals surface area contributed by atoms with Gasteiger partial charge in [-0.05, 0) is 45.4 Å². The fraction of sp³-hybridized carbons (Fsp3) is 0.556. The Kier molecular flexibility index (Phi) is 11.3. The van der Waals surface area contributed by atoms with Crippen molar-refractivity contribution in [3.63, 3.8) is 0 Å². The monoisotopic (exact) mass is 262 g/mol. The molecule has 0 aromatic rings. The molecule has 0 atom stereocenters. The molecule has 1 heteroatoms. The van der Waals surface area contributed by atoms with Crippen LogP contribution in [0.1, 0.15) is 59.3 Å². The molecule has 0 spiro atoms. The standard InChI is InChI=1S/C18H30O/c1-5-16(4)10-8-11-17(6-2)12-9-13-18(7-3)14-15-19/h5,10,12,14,19H,1,6-9,11,13,15H2,2-4H3/b16-10-,17-12+,18-14+.